The van der Waals surface area contributed by atoms with Crippen molar-refractivity contribution in [3.8, 4) is 0 Å². The Morgan fingerprint density at radius 2 is 1.93 bits per heavy atom. The van der Waals surface area contributed by atoms with Gasteiger partial charge in [-0.25, -0.2) is 4.98 Å². The molecule has 3 aromatic rings. The number of ether oxygens (including phenoxy) is 1. The fraction of sp³-hybridized carbons (Fsp3) is 0.450. The molecule has 4 rings (SSSR count). The van der Waals surface area contributed by atoms with E-state index in [1.165, 1.54) is 12.0 Å². The number of methoxy groups -OCH3 is 1. The van der Waals surface area contributed by atoms with Crippen molar-refractivity contribution in [3.63, 3.8) is 0 Å². The molecule has 2 aromatic heterocycles. The molecule has 1 aromatic carbocycles. The second kappa shape index (κ2) is 8.53. The molecule has 8 nitrogen and oxygen atoms in total. The first-order valence-electron chi connectivity index (χ1n) is 9.70. The molecule has 0 unspecified atom stereocenters. The summed E-state index contributed by atoms with van der Waals surface area (Å²) in [7, 11) is 1.67. The van der Waals surface area contributed by atoms with Gasteiger partial charge in [-0.2, -0.15) is 14.6 Å². The molecule has 28 heavy (non-hydrogen) atoms. The fourth-order valence-corrected chi connectivity index (χ4v) is 3.70. The summed E-state index contributed by atoms with van der Waals surface area (Å²) in [6.45, 7) is 7.85. The minimum atomic E-state index is 0.272. The lowest BCUT2D eigenvalue weighted by atomic mass is 10.2. The minimum absolute atomic E-state index is 0.272. The van der Waals surface area contributed by atoms with Gasteiger partial charge in [-0.3, -0.25) is 4.90 Å². The Morgan fingerprint density at radius 1 is 1.14 bits per heavy atom. The third-order valence-electron chi connectivity index (χ3n) is 5.02. The molecule has 0 aliphatic carbocycles. The SMILES string of the molecule is COCc1cc(N[C@H](C)CN2CCN(c3ccccc3)CC2)n2ncnc2n1. The van der Waals surface area contributed by atoms with Gasteiger partial charge in [0.05, 0.1) is 12.3 Å². The summed E-state index contributed by atoms with van der Waals surface area (Å²) in [6.07, 6.45) is 1.53. The minimum Gasteiger partial charge on any atom is -0.378 e. The molecule has 0 spiro atoms. The van der Waals surface area contributed by atoms with E-state index >= 15 is 0 Å². The lowest BCUT2D eigenvalue weighted by Crippen LogP contribution is -2.49. The van der Waals surface area contributed by atoms with E-state index in [1.54, 1.807) is 11.6 Å². The van der Waals surface area contributed by atoms with Gasteiger partial charge in [0.25, 0.3) is 5.78 Å². The van der Waals surface area contributed by atoms with Gasteiger partial charge in [-0.1, -0.05) is 18.2 Å². The van der Waals surface area contributed by atoms with Crippen molar-refractivity contribution < 1.29 is 4.74 Å². The number of piperazine rings is 1. The second-order valence-electron chi connectivity index (χ2n) is 7.21. The Balaban J connectivity index is 1.36. The molecule has 0 radical (unpaired) electrons. The van der Waals surface area contributed by atoms with Crippen LogP contribution in [-0.4, -0.2) is 70.4 Å². The predicted molar refractivity (Wildman–Crippen MR) is 110 cm³/mol. The summed E-state index contributed by atoms with van der Waals surface area (Å²) in [5.74, 6) is 1.48. The molecule has 1 fully saturated rings. The lowest BCUT2D eigenvalue weighted by molar-refractivity contribution is 0.181. The molecule has 8 heteroatoms. The molecule has 0 saturated carbocycles. The molecule has 1 atom stereocenters. The van der Waals surface area contributed by atoms with Crippen LogP contribution >= 0.6 is 0 Å². The summed E-state index contributed by atoms with van der Waals surface area (Å²) < 4.78 is 6.96. The molecule has 148 valence electrons. The summed E-state index contributed by atoms with van der Waals surface area (Å²) in [4.78, 5) is 13.6. The normalized spacial score (nSPS) is 16.4. The maximum Gasteiger partial charge on any atom is 0.254 e. The van der Waals surface area contributed by atoms with E-state index in [0.717, 1.165) is 44.2 Å². The van der Waals surface area contributed by atoms with E-state index in [0.29, 0.717) is 12.4 Å². The Hall–Kier alpha value is -2.71. The van der Waals surface area contributed by atoms with Crippen LogP contribution in [0.25, 0.3) is 5.78 Å². The molecule has 0 bridgehead atoms. The van der Waals surface area contributed by atoms with Crippen molar-refractivity contribution in [1.29, 1.82) is 0 Å². The van der Waals surface area contributed by atoms with Crippen LogP contribution in [0.4, 0.5) is 11.5 Å². The topological polar surface area (TPSA) is 70.8 Å². The van der Waals surface area contributed by atoms with Crippen LogP contribution in [0.5, 0.6) is 0 Å². The maximum absolute atomic E-state index is 5.22. The molecule has 0 amide bonds. The van der Waals surface area contributed by atoms with E-state index in [9.17, 15) is 0 Å². The van der Waals surface area contributed by atoms with Crippen LogP contribution in [0.15, 0.2) is 42.7 Å². The number of para-hydroxylation sites is 1. The highest BCUT2D eigenvalue weighted by atomic mass is 16.5. The number of nitrogens with one attached hydrogen (secondary N) is 1. The molecular weight excluding hydrogens is 354 g/mol. The van der Waals surface area contributed by atoms with Crippen molar-refractivity contribution >= 4 is 17.3 Å². The van der Waals surface area contributed by atoms with Crippen molar-refractivity contribution in [2.45, 2.75) is 19.6 Å². The number of fused-ring (bicyclic) bond motifs is 1. The van der Waals surface area contributed by atoms with E-state index in [2.05, 4.69) is 67.4 Å². The van der Waals surface area contributed by atoms with E-state index in [-0.39, 0.29) is 6.04 Å². The number of nitrogens with zero attached hydrogens (tertiary/aromatic N) is 6. The Kier molecular flexibility index (Phi) is 5.68. The number of anilines is 2. The summed E-state index contributed by atoms with van der Waals surface area (Å²) in [5.41, 5.74) is 2.15. The second-order valence-corrected chi connectivity index (χ2v) is 7.21. The van der Waals surface area contributed by atoms with Crippen LogP contribution in [0, 0.1) is 0 Å². The Morgan fingerprint density at radius 3 is 2.68 bits per heavy atom. The van der Waals surface area contributed by atoms with Gasteiger partial charge in [0.1, 0.15) is 12.1 Å². The van der Waals surface area contributed by atoms with E-state index in [4.69, 9.17) is 4.74 Å². The van der Waals surface area contributed by atoms with Gasteiger partial charge < -0.3 is 15.0 Å². The third kappa shape index (κ3) is 4.23. The first-order valence-corrected chi connectivity index (χ1v) is 9.70. The zero-order valence-electron chi connectivity index (χ0n) is 16.5. The van der Waals surface area contributed by atoms with E-state index < -0.39 is 0 Å². The highest BCUT2D eigenvalue weighted by Gasteiger charge is 2.19. The van der Waals surface area contributed by atoms with Crippen molar-refractivity contribution in [2.24, 2.45) is 0 Å². The smallest absolute Gasteiger partial charge is 0.254 e. The van der Waals surface area contributed by atoms with Gasteiger partial charge in [0.15, 0.2) is 0 Å². The average molecular weight is 381 g/mol. The summed E-state index contributed by atoms with van der Waals surface area (Å²) in [5, 5.41) is 7.85. The van der Waals surface area contributed by atoms with E-state index in [1.807, 2.05) is 6.07 Å². The first-order chi connectivity index (χ1) is 13.7. The average Bonchev–Trinajstić information content (AvgIpc) is 3.18. The quantitative estimate of drug-likeness (QED) is 0.670. The standard InChI is InChI=1S/C20H27N7O/c1-16(13-25-8-10-26(11-9-25)18-6-4-3-5-7-18)23-19-12-17(14-28-2)24-20-21-15-22-27(19)20/h3-7,12,15-16,23H,8-11,13-14H2,1-2H3/t16-/m1/s1. The van der Waals surface area contributed by atoms with Crippen molar-refractivity contribution in [3.05, 3.63) is 48.4 Å². The van der Waals surface area contributed by atoms with Crippen molar-refractivity contribution in [2.75, 3.05) is 50.1 Å². The van der Waals surface area contributed by atoms with Gasteiger partial charge in [0.2, 0.25) is 0 Å². The number of aromatic nitrogens is 4. The monoisotopic (exact) mass is 381 g/mol. The highest BCUT2D eigenvalue weighted by molar-refractivity contribution is 5.47. The summed E-state index contributed by atoms with van der Waals surface area (Å²) in [6, 6.07) is 12.9. The van der Waals surface area contributed by atoms with Crippen LogP contribution in [0.1, 0.15) is 12.6 Å². The zero-order chi connectivity index (χ0) is 19.3. The molecule has 3 heterocycles. The molecule has 1 N–H and O–H groups in total. The third-order valence-corrected chi connectivity index (χ3v) is 5.02. The van der Waals surface area contributed by atoms with Crippen LogP contribution in [-0.2, 0) is 11.3 Å². The molecule has 1 saturated heterocycles. The highest BCUT2D eigenvalue weighted by Crippen LogP contribution is 2.17. The summed E-state index contributed by atoms with van der Waals surface area (Å²) >= 11 is 0. The van der Waals surface area contributed by atoms with Gasteiger partial charge in [-0.15, -0.1) is 0 Å². The van der Waals surface area contributed by atoms with Gasteiger partial charge >= 0.3 is 0 Å². The zero-order valence-corrected chi connectivity index (χ0v) is 16.5. The molecular formula is C20H27N7O. The molecule has 1 aliphatic rings. The van der Waals surface area contributed by atoms with Crippen LogP contribution < -0.4 is 10.2 Å². The maximum atomic E-state index is 5.22. The van der Waals surface area contributed by atoms with Gasteiger partial charge in [0, 0.05) is 57.6 Å². The number of benzene rings is 1. The van der Waals surface area contributed by atoms with Crippen LogP contribution in [0.3, 0.4) is 0 Å². The largest absolute Gasteiger partial charge is 0.378 e. The fourth-order valence-electron chi connectivity index (χ4n) is 3.70. The number of rotatable bonds is 7. The predicted octanol–water partition coefficient (Wildman–Crippen LogP) is 1.89. The Bertz CT molecular complexity index is 890. The number of hydrogen-bond acceptors (Lipinski definition) is 7. The van der Waals surface area contributed by atoms with Gasteiger partial charge in [-0.05, 0) is 19.1 Å². The van der Waals surface area contributed by atoms with Crippen molar-refractivity contribution in [1.82, 2.24) is 24.5 Å². The first kappa shape index (κ1) is 18.6. The number of hydrogen-bond donors (Lipinski definition) is 1. The van der Waals surface area contributed by atoms with Crippen LogP contribution in [0.2, 0.25) is 0 Å². The molecule has 1 aliphatic heterocycles. The Labute approximate surface area is 165 Å². The lowest BCUT2D eigenvalue weighted by Gasteiger charge is -2.37.